The Balaban J connectivity index is 1.36. The lowest BCUT2D eigenvalue weighted by molar-refractivity contribution is 1.17. The van der Waals surface area contributed by atoms with Crippen LogP contribution in [0.2, 0.25) is 0 Å². The SMILES string of the molecule is c1ccc(-n2c3ccccc3c3cc(-n4c5ccccc5c5ccc6c(c7ccccc7n6-c6ccccc6)c54)ccc32)cc1. The summed E-state index contributed by atoms with van der Waals surface area (Å²) in [6.45, 7) is 0. The van der Waals surface area contributed by atoms with Crippen molar-refractivity contribution in [2.45, 2.75) is 0 Å². The van der Waals surface area contributed by atoms with Gasteiger partial charge in [0, 0.05) is 49.4 Å². The Morgan fingerprint density at radius 1 is 0.267 bits per heavy atom. The van der Waals surface area contributed by atoms with Gasteiger partial charge in [-0.15, -0.1) is 0 Å². The minimum atomic E-state index is 1.16. The zero-order valence-corrected chi connectivity index (χ0v) is 24.4. The van der Waals surface area contributed by atoms with Crippen LogP contribution in [0, 0.1) is 0 Å². The van der Waals surface area contributed by atoms with E-state index >= 15 is 0 Å². The number of hydrogen-bond donors (Lipinski definition) is 0. The third-order valence-electron chi connectivity index (χ3n) is 9.41. The molecule has 0 atom stereocenters. The molecule has 10 aromatic rings. The maximum Gasteiger partial charge on any atom is 0.0641 e. The lowest BCUT2D eigenvalue weighted by atomic mass is 10.1. The number of hydrogen-bond acceptors (Lipinski definition) is 0. The molecule has 7 aromatic carbocycles. The van der Waals surface area contributed by atoms with Crippen molar-refractivity contribution in [1.29, 1.82) is 0 Å². The van der Waals surface area contributed by atoms with Gasteiger partial charge in [-0.2, -0.15) is 0 Å². The largest absolute Gasteiger partial charge is 0.309 e. The van der Waals surface area contributed by atoms with Gasteiger partial charge in [0.25, 0.3) is 0 Å². The van der Waals surface area contributed by atoms with Crippen LogP contribution in [0.25, 0.3) is 82.5 Å². The first kappa shape index (κ1) is 24.4. The van der Waals surface area contributed by atoms with Gasteiger partial charge in [-0.25, -0.2) is 0 Å². The van der Waals surface area contributed by atoms with E-state index in [1.54, 1.807) is 0 Å². The van der Waals surface area contributed by atoms with Crippen molar-refractivity contribution in [3.63, 3.8) is 0 Å². The highest BCUT2D eigenvalue weighted by Crippen LogP contribution is 2.43. The second kappa shape index (κ2) is 9.22. The van der Waals surface area contributed by atoms with Crippen LogP contribution >= 0.6 is 0 Å². The molecule has 0 saturated carbocycles. The Morgan fingerprint density at radius 2 is 0.733 bits per heavy atom. The molecule has 0 radical (unpaired) electrons. The Bertz CT molecular complexity index is 2740. The predicted octanol–water partition coefficient (Wildman–Crippen LogP) is 11.0. The monoisotopic (exact) mass is 573 g/mol. The molecule has 0 fully saturated rings. The number of para-hydroxylation sites is 5. The van der Waals surface area contributed by atoms with Crippen molar-refractivity contribution >= 4 is 65.4 Å². The number of aromatic nitrogens is 3. The predicted molar refractivity (Wildman–Crippen MR) is 189 cm³/mol. The molecule has 10 rings (SSSR count). The fraction of sp³-hybridized carbons (Fsp3) is 0. The third-order valence-corrected chi connectivity index (χ3v) is 9.41. The molecule has 0 aliphatic heterocycles. The zero-order chi connectivity index (χ0) is 29.5. The Kier molecular flexibility index (Phi) is 5.00. The number of fused-ring (bicyclic) bond motifs is 10. The molecule has 45 heavy (non-hydrogen) atoms. The number of benzene rings is 7. The average Bonchev–Trinajstić information content (AvgIpc) is 3.74. The molecule has 3 heterocycles. The highest BCUT2D eigenvalue weighted by Gasteiger charge is 2.21. The Labute approximate surface area is 259 Å². The van der Waals surface area contributed by atoms with Crippen LogP contribution in [0.15, 0.2) is 164 Å². The number of rotatable bonds is 3. The van der Waals surface area contributed by atoms with Crippen LogP contribution in [0.5, 0.6) is 0 Å². The fourth-order valence-electron chi connectivity index (χ4n) is 7.59. The van der Waals surface area contributed by atoms with Crippen LogP contribution in [0.1, 0.15) is 0 Å². The molecule has 0 spiro atoms. The lowest BCUT2D eigenvalue weighted by Gasteiger charge is -2.11. The Morgan fingerprint density at radius 3 is 1.40 bits per heavy atom. The summed E-state index contributed by atoms with van der Waals surface area (Å²) in [5.41, 5.74) is 10.8. The quantitative estimate of drug-likeness (QED) is 0.200. The third kappa shape index (κ3) is 3.35. The molecule has 0 bridgehead atoms. The highest BCUT2D eigenvalue weighted by atomic mass is 15.0. The van der Waals surface area contributed by atoms with Crippen molar-refractivity contribution < 1.29 is 0 Å². The van der Waals surface area contributed by atoms with E-state index in [-0.39, 0.29) is 0 Å². The molecule has 0 unspecified atom stereocenters. The molecule has 3 heteroatoms. The molecular formula is C42H27N3. The smallest absolute Gasteiger partial charge is 0.0641 e. The summed E-state index contributed by atoms with van der Waals surface area (Å²) < 4.78 is 7.28. The van der Waals surface area contributed by atoms with Crippen LogP contribution in [-0.4, -0.2) is 13.7 Å². The maximum atomic E-state index is 2.49. The van der Waals surface area contributed by atoms with Gasteiger partial charge in [-0.3, -0.25) is 0 Å². The summed E-state index contributed by atoms with van der Waals surface area (Å²) >= 11 is 0. The second-order valence-electron chi connectivity index (χ2n) is 11.8. The first-order chi connectivity index (χ1) is 22.4. The topological polar surface area (TPSA) is 14.8 Å². The van der Waals surface area contributed by atoms with Crippen LogP contribution in [-0.2, 0) is 0 Å². The van der Waals surface area contributed by atoms with Crippen molar-refractivity contribution in [2.24, 2.45) is 0 Å². The van der Waals surface area contributed by atoms with E-state index in [1.807, 2.05) is 0 Å². The van der Waals surface area contributed by atoms with Crippen LogP contribution in [0.4, 0.5) is 0 Å². The molecular weight excluding hydrogens is 546 g/mol. The summed E-state index contributed by atoms with van der Waals surface area (Å²) in [5.74, 6) is 0. The van der Waals surface area contributed by atoms with Gasteiger partial charge >= 0.3 is 0 Å². The van der Waals surface area contributed by atoms with Crippen molar-refractivity contribution in [2.75, 3.05) is 0 Å². The van der Waals surface area contributed by atoms with E-state index in [0.29, 0.717) is 0 Å². The van der Waals surface area contributed by atoms with Crippen molar-refractivity contribution in [3.05, 3.63) is 164 Å². The normalized spacial score (nSPS) is 12.0. The zero-order valence-electron chi connectivity index (χ0n) is 24.4. The maximum absolute atomic E-state index is 2.49. The molecule has 0 aliphatic rings. The van der Waals surface area contributed by atoms with Gasteiger partial charge in [0.15, 0.2) is 0 Å². The summed E-state index contributed by atoms with van der Waals surface area (Å²) in [4.78, 5) is 0. The van der Waals surface area contributed by atoms with E-state index in [1.165, 1.54) is 76.8 Å². The van der Waals surface area contributed by atoms with Gasteiger partial charge in [0.1, 0.15) is 0 Å². The van der Waals surface area contributed by atoms with E-state index in [0.717, 1.165) is 5.69 Å². The van der Waals surface area contributed by atoms with Gasteiger partial charge < -0.3 is 13.7 Å². The highest BCUT2D eigenvalue weighted by molar-refractivity contribution is 6.26. The van der Waals surface area contributed by atoms with Gasteiger partial charge in [-0.05, 0) is 66.7 Å². The molecule has 0 aliphatic carbocycles. The van der Waals surface area contributed by atoms with E-state index < -0.39 is 0 Å². The van der Waals surface area contributed by atoms with Crippen LogP contribution in [0.3, 0.4) is 0 Å². The second-order valence-corrected chi connectivity index (χ2v) is 11.8. The molecule has 3 nitrogen and oxygen atoms in total. The molecule has 210 valence electrons. The van der Waals surface area contributed by atoms with Crippen LogP contribution < -0.4 is 0 Å². The first-order valence-electron chi connectivity index (χ1n) is 15.5. The minimum Gasteiger partial charge on any atom is -0.309 e. The summed E-state index contributed by atoms with van der Waals surface area (Å²) in [7, 11) is 0. The Hall–Kier alpha value is -6.06. The lowest BCUT2D eigenvalue weighted by Crippen LogP contribution is -1.96. The summed E-state index contributed by atoms with van der Waals surface area (Å²) in [5, 5.41) is 7.56. The van der Waals surface area contributed by atoms with Gasteiger partial charge in [0.2, 0.25) is 0 Å². The minimum absolute atomic E-state index is 1.16. The summed E-state index contributed by atoms with van der Waals surface area (Å²) in [6, 6.07) is 59.4. The van der Waals surface area contributed by atoms with Gasteiger partial charge in [0.05, 0.1) is 33.1 Å². The number of nitrogens with zero attached hydrogens (tertiary/aromatic N) is 3. The fourth-order valence-corrected chi connectivity index (χ4v) is 7.59. The molecule has 0 N–H and O–H groups in total. The van der Waals surface area contributed by atoms with E-state index in [9.17, 15) is 0 Å². The van der Waals surface area contributed by atoms with Crippen molar-refractivity contribution in [1.82, 2.24) is 13.7 Å². The van der Waals surface area contributed by atoms with Crippen molar-refractivity contribution in [3.8, 4) is 17.1 Å². The van der Waals surface area contributed by atoms with Gasteiger partial charge in [-0.1, -0.05) is 97.1 Å². The van der Waals surface area contributed by atoms with E-state index in [2.05, 4.69) is 177 Å². The molecule has 3 aromatic heterocycles. The van der Waals surface area contributed by atoms with E-state index in [4.69, 9.17) is 0 Å². The molecule has 0 saturated heterocycles. The average molecular weight is 574 g/mol. The first-order valence-corrected chi connectivity index (χ1v) is 15.5. The standard InChI is InChI=1S/C42H27N3/c1-3-13-28(14-4-1)43-36-20-10-8-18-32(36)35-27-30(23-25-39(35)43)45-37-21-11-7-17-31(37)33-24-26-40-41(42(33)45)34-19-9-12-22-38(34)44(40)29-15-5-2-6-16-29/h1-27H. The summed E-state index contributed by atoms with van der Waals surface area (Å²) in [6.07, 6.45) is 0. The molecule has 0 amide bonds.